The second-order valence-electron chi connectivity index (χ2n) is 4.87. The van der Waals surface area contributed by atoms with Crippen molar-refractivity contribution in [3.8, 4) is 5.75 Å². The van der Waals surface area contributed by atoms with Gasteiger partial charge in [-0.1, -0.05) is 25.1 Å². The van der Waals surface area contributed by atoms with Crippen LogP contribution in [0, 0.1) is 5.92 Å². The SMILES string of the molecule is CC(CN(C)CCCCOc1ccccc1)C(=O)O. The van der Waals surface area contributed by atoms with E-state index in [1.54, 1.807) is 6.92 Å². The monoisotopic (exact) mass is 265 g/mol. The molecule has 0 saturated heterocycles. The summed E-state index contributed by atoms with van der Waals surface area (Å²) >= 11 is 0. The number of nitrogens with zero attached hydrogens (tertiary/aromatic N) is 1. The van der Waals surface area contributed by atoms with Crippen molar-refractivity contribution >= 4 is 5.97 Å². The van der Waals surface area contributed by atoms with Gasteiger partial charge in [-0.25, -0.2) is 0 Å². The number of benzene rings is 1. The summed E-state index contributed by atoms with van der Waals surface area (Å²) in [7, 11) is 1.96. The summed E-state index contributed by atoms with van der Waals surface area (Å²) in [6.07, 6.45) is 1.98. The molecular weight excluding hydrogens is 242 g/mol. The van der Waals surface area contributed by atoms with E-state index in [4.69, 9.17) is 9.84 Å². The maximum atomic E-state index is 10.7. The van der Waals surface area contributed by atoms with E-state index in [0.717, 1.165) is 25.1 Å². The van der Waals surface area contributed by atoms with Gasteiger partial charge in [-0.05, 0) is 38.6 Å². The van der Waals surface area contributed by atoms with E-state index in [1.807, 2.05) is 37.4 Å². The number of carboxylic acid groups (broad SMARTS) is 1. The van der Waals surface area contributed by atoms with Crippen molar-refractivity contribution in [3.63, 3.8) is 0 Å². The van der Waals surface area contributed by atoms with Gasteiger partial charge in [0, 0.05) is 6.54 Å². The zero-order valence-corrected chi connectivity index (χ0v) is 11.7. The van der Waals surface area contributed by atoms with Crippen LogP contribution in [0.5, 0.6) is 5.75 Å². The fourth-order valence-corrected chi connectivity index (χ4v) is 1.83. The molecule has 0 amide bonds. The number of carboxylic acids is 1. The van der Waals surface area contributed by atoms with Crippen LogP contribution in [0.2, 0.25) is 0 Å². The molecule has 0 aromatic heterocycles. The first-order valence-corrected chi connectivity index (χ1v) is 6.69. The van der Waals surface area contributed by atoms with Gasteiger partial charge in [0.2, 0.25) is 0 Å². The molecule has 1 N–H and O–H groups in total. The van der Waals surface area contributed by atoms with Crippen LogP contribution in [-0.2, 0) is 4.79 Å². The topological polar surface area (TPSA) is 49.8 Å². The molecule has 0 spiro atoms. The van der Waals surface area contributed by atoms with Crippen molar-refractivity contribution in [1.82, 2.24) is 4.90 Å². The normalized spacial score (nSPS) is 12.4. The first-order chi connectivity index (χ1) is 9.09. The number of rotatable bonds is 9. The minimum atomic E-state index is -0.737. The van der Waals surface area contributed by atoms with Crippen LogP contribution in [-0.4, -0.2) is 42.7 Å². The van der Waals surface area contributed by atoms with Gasteiger partial charge in [-0.3, -0.25) is 4.79 Å². The Morgan fingerprint density at radius 3 is 2.63 bits per heavy atom. The van der Waals surface area contributed by atoms with Crippen molar-refractivity contribution in [2.45, 2.75) is 19.8 Å². The average molecular weight is 265 g/mol. The third-order valence-electron chi connectivity index (χ3n) is 2.95. The summed E-state index contributed by atoms with van der Waals surface area (Å²) in [5.74, 6) is -0.153. The molecule has 1 atom stereocenters. The van der Waals surface area contributed by atoms with Crippen molar-refractivity contribution in [2.75, 3.05) is 26.7 Å². The molecule has 19 heavy (non-hydrogen) atoms. The Kier molecular flexibility index (Phi) is 6.97. The molecule has 0 radical (unpaired) electrons. The van der Waals surface area contributed by atoms with Gasteiger partial charge in [-0.2, -0.15) is 0 Å². The summed E-state index contributed by atoms with van der Waals surface area (Å²) in [6, 6.07) is 9.76. The van der Waals surface area contributed by atoms with Crippen LogP contribution in [0.1, 0.15) is 19.8 Å². The van der Waals surface area contributed by atoms with Gasteiger partial charge >= 0.3 is 5.97 Å². The lowest BCUT2D eigenvalue weighted by Crippen LogP contribution is -2.29. The van der Waals surface area contributed by atoms with Gasteiger partial charge < -0.3 is 14.7 Å². The Morgan fingerprint density at radius 1 is 1.32 bits per heavy atom. The van der Waals surface area contributed by atoms with E-state index >= 15 is 0 Å². The standard InChI is InChI=1S/C15H23NO3/c1-13(15(17)18)12-16(2)10-6-7-11-19-14-8-4-3-5-9-14/h3-5,8-9,13H,6-7,10-12H2,1-2H3,(H,17,18). The van der Waals surface area contributed by atoms with Gasteiger partial charge in [0.15, 0.2) is 0 Å². The van der Waals surface area contributed by atoms with Crippen LogP contribution < -0.4 is 4.74 Å². The lowest BCUT2D eigenvalue weighted by atomic mass is 10.1. The Bertz CT molecular complexity index is 367. The Hall–Kier alpha value is -1.55. The Morgan fingerprint density at radius 2 is 2.00 bits per heavy atom. The highest BCUT2D eigenvalue weighted by Gasteiger charge is 2.12. The second kappa shape index (κ2) is 8.53. The minimum absolute atomic E-state index is 0.314. The van der Waals surface area contributed by atoms with E-state index < -0.39 is 5.97 Å². The number of hydrogen-bond acceptors (Lipinski definition) is 3. The molecule has 4 heteroatoms. The minimum Gasteiger partial charge on any atom is -0.494 e. The second-order valence-corrected chi connectivity index (χ2v) is 4.87. The van der Waals surface area contributed by atoms with E-state index in [0.29, 0.717) is 13.2 Å². The summed E-state index contributed by atoms with van der Waals surface area (Å²) in [5.41, 5.74) is 0. The van der Waals surface area contributed by atoms with Crippen LogP contribution in [0.15, 0.2) is 30.3 Å². The summed E-state index contributed by atoms with van der Waals surface area (Å²) in [4.78, 5) is 12.8. The number of aliphatic carboxylic acids is 1. The zero-order valence-electron chi connectivity index (χ0n) is 11.7. The molecule has 0 fully saturated rings. The van der Waals surface area contributed by atoms with Crippen molar-refractivity contribution in [3.05, 3.63) is 30.3 Å². The molecule has 0 heterocycles. The molecule has 0 aliphatic rings. The van der Waals surface area contributed by atoms with Crippen LogP contribution >= 0.6 is 0 Å². The lowest BCUT2D eigenvalue weighted by molar-refractivity contribution is -0.141. The van der Waals surface area contributed by atoms with Crippen LogP contribution in [0.25, 0.3) is 0 Å². The maximum absolute atomic E-state index is 10.7. The zero-order chi connectivity index (χ0) is 14.1. The molecule has 0 bridgehead atoms. The number of para-hydroxylation sites is 1. The van der Waals surface area contributed by atoms with E-state index in [9.17, 15) is 4.79 Å². The number of ether oxygens (including phenoxy) is 1. The number of unbranched alkanes of at least 4 members (excludes halogenated alkanes) is 1. The highest BCUT2D eigenvalue weighted by molar-refractivity contribution is 5.69. The molecule has 106 valence electrons. The Balaban J connectivity index is 2.06. The highest BCUT2D eigenvalue weighted by atomic mass is 16.5. The molecule has 0 aliphatic carbocycles. The predicted octanol–water partition coefficient (Wildman–Crippen LogP) is 2.50. The summed E-state index contributed by atoms with van der Waals surface area (Å²) in [6.45, 7) is 3.92. The van der Waals surface area contributed by atoms with E-state index in [2.05, 4.69) is 4.90 Å². The molecule has 1 rings (SSSR count). The lowest BCUT2D eigenvalue weighted by Gasteiger charge is -2.18. The summed E-state index contributed by atoms with van der Waals surface area (Å²) < 4.78 is 5.59. The Labute approximate surface area is 115 Å². The molecule has 1 unspecified atom stereocenters. The molecule has 1 aromatic carbocycles. The third kappa shape index (κ3) is 6.82. The molecule has 0 saturated carbocycles. The molecule has 1 aromatic rings. The van der Waals surface area contributed by atoms with E-state index in [1.165, 1.54) is 0 Å². The average Bonchev–Trinajstić information content (AvgIpc) is 2.39. The van der Waals surface area contributed by atoms with Gasteiger partial charge in [0.25, 0.3) is 0 Å². The smallest absolute Gasteiger partial charge is 0.307 e. The molecular formula is C15H23NO3. The van der Waals surface area contributed by atoms with Crippen LogP contribution in [0.3, 0.4) is 0 Å². The summed E-state index contributed by atoms with van der Waals surface area (Å²) in [5, 5.41) is 8.82. The van der Waals surface area contributed by atoms with Gasteiger partial charge in [0.05, 0.1) is 12.5 Å². The third-order valence-corrected chi connectivity index (χ3v) is 2.95. The predicted molar refractivity (Wildman–Crippen MR) is 75.5 cm³/mol. The first kappa shape index (κ1) is 15.5. The number of hydrogen-bond donors (Lipinski definition) is 1. The van der Waals surface area contributed by atoms with Gasteiger partial charge in [-0.15, -0.1) is 0 Å². The van der Waals surface area contributed by atoms with Gasteiger partial charge in [0.1, 0.15) is 5.75 Å². The maximum Gasteiger partial charge on any atom is 0.307 e. The molecule has 4 nitrogen and oxygen atoms in total. The highest BCUT2D eigenvalue weighted by Crippen LogP contribution is 2.09. The van der Waals surface area contributed by atoms with Crippen LogP contribution in [0.4, 0.5) is 0 Å². The van der Waals surface area contributed by atoms with Crippen molar-refractivity contribution < 1.29 is 14.6 Å². The van der Waals surface area contributed by atoms with E-state index in [-0.39, 0.29) is 5.92 Å². The quantitative estimate of drug-likeness (QED) is 0.697. The fourth-order valence-electron chi connectivity index (χ4n) is 1.83. The van der Waals surface area contributed by atoms with Crippen molar-refractivity contribution in [2.24, 2.45) is 5.92 Å². The first-order valence-electron chi connectivity index (χ1n) is 6.69. The molecule has 0 aliphatic heterocycles. The van der Waals surface area contributed by atoms with Crippen molar-refractivity contribution in [1.29, 1.82) is 0 Å². The fraction of sp³-hybridized carbons (Fsp3) is 0.533. The number of carbonyl (C=O) groups is 1. The largest absolute Gasteiger partial charge is 0.494 e.